The molecule has 1 aliphatic rings. The van der Waals surface area contributed by atoms with E-state index in [-0.39, 0.29) is 30.7 Å². The van der Waals surface area contributed by atoms with Crippen molar-refractivity contribution in [1.29, 1.82) is 0 Å². The van der Waals surface area contributed by atoms with Crippen molar-refractivity contribution in [1.82, 2.24) is 10.1 Å². The average Bonchev–Trinajstić information content (AvgIpc) is 2.95. The fourth-order valence-electron chi connectivity index (χ4n) is 1.97. The molecule has 1 amide bonds. The van der Waals surface area contributed by atoms with Crippen molar-refractivity contribution in [3.63, 3.8) is 0 Å². The van der Waals surface area contributed by atoms with Crippen LogP contribution in [0, 0.1) is 0 Å². The van der Waals surface area contributed by atoms with Gasteiger partial charge in [0.2, 0.25) is 5.76 Å². The van der Waals surface area contributed by atoms with Gasteiger partial charge in [0.05, 0.1) is 18.8 Å². The van der Waals surface area contributed by atoms with Crippen LogP contribution in [0.4, 0.5) is 0 Å². The standard InChI is InChI=1S/C13H18N2O5/c1-3-8(2)9-6-10(20-14-9)12(16)15-4-5-19-11(7-15)13(17)18/h6,8,11H,3-5,7H2,1-2H3,(H,17,18)/t8-,11-/m1/s1. The van der Waals surface area contributed by atoms with Crippen molar-refractivity contribution in [2.45, 2.75) is 32.3 Å². The van der Waals surface area contributed by atoms with Gasteiger partial charge in [0.25, 0.3) is 5.91 Å². The van der Waals surface area contributed by atoms with Gasteiger partial charge in [-0.15, -0.1) is 0 Å². The summed E-state index contributed by atoms with van der Waals surface area (Å²) in [5.74, 6) is -1.05. The minimum Gasteiger partial charge on any atom is -0.479 e. The molecule has 2 rings (SSSR count). The lowest BCUT2D eigenvalue weighted by molar-refractivity contribution is -0.154. The van der Waals surface area contributed by atoms with E-state index in [1.54, 1.807) is 6.07 Å². The van der Waals surface area contributed by atoms with Gasteiger partial charge in [-0.3, -0.25) is 4.79 Å². The number of aliphatic carboxylic acids is 1. The van der Waals surface area contributed by atoms with Crippen LogP contribution in [0.25, 0.3) is 0 Å². The Balaban J connectivity index is 2.07. The molecule has 0 aliphatic carbocycles. The van der Waals surface area contributed by atoms with Crippen LogP contribution in [0.5, 0.6) is 0 Å². The fourth-order valence-corrected chi connectivity index (χ4v) is 1.97. The molecule has 0 bridgehead atoms. The summed E-state index contributed by atoms with van der Waals surface area (Å²) >= 11 is 0. The number of hydrogen-bond donors (Lipinski definition) is 1. The lowest BCUT2D eigenvalue weighted by Crippen LogP contribution is -2.48. The topological polar surface area (TPSA) is 92.9 Å². The van der Waals surface area contributed by atoms with Gasteiger partial charge in [-0.05, 0) is 6.42 Å². The third-order valence-corrected chi connectivity index (χ3v) is 3.49. The highest BCUT2D eigenvalue weighted by molar-refractivity contribution is 5.92. The Morgan fingerprint density at radius 1 is 1.60 bits per heavy atom. The summed E-state index contributed by atoms with van der Waals surface area (Å²) in [5.41, 5.74) is 0.735. The van der Waals surface area contributed by atoms with E-state index in [2.05, 4.69) is 5.16 Å². The zero-order valence-corrected chi connectivity index (χ0v) is 11.5. The largest absolute Gasteiger partial charge is 0.479 e. The van der Waals surface area contributed by atoms with Crippen LogP contribution in [0.15, 0.2) is 10.6 Å². The Bertz CT molecular complexity index is 499. The van der Waals surface area contributed by atoms with E-state index in [9.17, 15) is 9.59 Å². The van der Waals surface area contributed by atoms with E-state index in [1.165, 1.54) is 4.90 Å². The zero-order chi connectivity index (χ0) is 14.7. The molecule has 20 heavy (non-hydrogen) atoms. The van der Waals surface area contributed by atoms with Gasteiger partial charge in [0.1, 0.15) is 0 Å². The number of morpholine rings is 1. The molecule has 0 unspecified atom stereocenters. The molecule has 1 N–H and O–H groups in total. The molecular formula is C13H18N2O5. The quantitative estimate of drug-likeness (QED) is 0.889. The molecule has 2 atom stereocenters. The van der Waals surface area contributed by atoms with Crippen LogP contribution in [-0.2, 0) is 9.53 Å². The molecule has 1 aromatic heterocycles. The SMILES string of the molecule is CC[C@@H](C)c1cc(C(=O)N2CCO[C@@H](C(=O)O)C2)on1. The molecule has 7 heteroatoms. The summed E-state index contributed by atoms with van der Waals surface area (Å²) in [6.45, 7) is 4.60. The first-order valence-corrected chi connectivity index (χ1v) is 6.63. The van der Waals surface area contributed by atoms with E-state index in [1.807, 2.05) is 13.8 Å². The fraction of sp³-hybridized carbons (Fsp3) is 0.615. The first-order chi connectivity index (χ1) is 9.52. The van der Waals surface area contributed by atoms with Crippen LogP contribution in [0.2, 0.25) is 0 Å². The van der Waals surface area contributed by atoms with Crippen LogP contribution >= 0.6 is 0 Å². The van der Waals surface area contributed by atoms with Crippen LogP contribution in [0.3, 0.4) is 0 Å². The van der Waals surface area contributed by atoms with E-state index >= 15 is 0 Å². The normalized spacial score (nSPS) is 20.7. The van der Waals surface area contributed by atoms with Gasteiger partial charge in [-0.25, -0.2) is 4.79 Å². The van der Waals surface area contributed by atoms with E-state index in [4.69, 9.17) is 14.4 Å². The maximum Gasteiger partial charge on any atom is 0.334 e. The molecule has 2 heterocycles. The molecule has 1 aromatic rings. The number of ether oxygens (including phenoxy) is 1. The second kappa shape index (κ2) is 6.04. The maximum absolute atomic E-state index is 12.2. The van der Waals surface area contributed by atoms with Gasteiger partial charge in [0, 0.05) is 18.5 Å². The minimum absolute atomic E-state index is 0.0214. The molecule has 0 saturated carbocycles. The maximum atomic E-state index is 12.2. The van der Waals surface area contributed by atoms with Gasteiger partial charge in [-0.2, -0.15) is 0 Å². The molecule has 7 nitrogen and oxygen atoms in total. The van der Waals surface area contributed by atoms with Crippen molar-refractivity contribution >= 4 is 11.9 Å². The number of amides is 1. The van der Waals surface area contributed by atoms with Gasteiger partial charge in [0.15, 0.2) is 6.10 Å². The molecule has 0 radical (unpaired) electrons. The van der Waals surface area contributed by atoms with Crippen molar-refractivity contribution in [2.24, 2.45) is 0 Å². The number of aromatic nitrogens is 1. The molecule has 0 spiro atoms. The number of hydrogen-bond acceptors (Lipinski definition) is 5. The zero-order valence-electron chi connectivity index (χ0n) is 11.5. The number of rotatable bonds is 4. The van der Waals surface area contributed by atoms with E-state index in [0.29, 0.717) is 6.54 Å². The highest BCUT2D eigenvalue weighted by Crippen LogP contribution is 2.19. The lowest BCUT2D eigenvalue weighted by Gasteiger charge is -2.29. The average molecular weight is 282 g/mol. The number of carbonyl (C=O) groups excluding carboxylic acids is 1. The lowest BCUT2D eigenvalue weighted by atomic mass is 10.1. The van der Waals surface area contributed by atoms with Crippen LogP contribution in [0.1, 0.15) is 42.4 Å². The highest BCUT2D eigenvalue weighted by Gasteiger charge is 2.31. The van der Waals surface area contributed by atoms with Crippen molar-refractivity contribution < 1.29 is 24.0 Å². The van der Waals surface area contributed by atoms with E-state index < -0.39 is 12.1 Å². The van der Waals surface area contributed by atoms with Gasteiger partial charge >= 0.3 is 5.97 Å². The highest BCUT2D eigenvalue weighted by atomic mass is 16.5. The van der Waals surface area contributed by atoms with Crippen molar-refractivity contribution in [3.8, 4) is 0 Å². The third kappa shape index (κ3) is 2.98. The van der Waals surface area contributed by atoms with Gasteiger partial charge in [-0.1, -0.05) is 19.0 Å². The molecular weight excluding hydrogens is 264 g/mol. The Morgan fingerprint density at radius 2 is 2.35 bits per heavy atom. The molecule has 1 saturated heterocycles. The predicted octanol–water partition coefficient (Wildman–Crippen LogP) is 1.11. The van der Waals surface area contributed by atoms with Crippen molar-refractivity contribution in [2.75, 3.05) is 19.7 Å². The van der Waals surface area contributed by atoms with Crippen molar-refractivity contribution in [3.05, 3.63) is 17.5 Å². The minimum atomic E-state index is -1.07. The number of carboxylic acid groups (broad SMARTS) is 1. The Morgan fingerprint density at radius 3 is 3.00 bits per heavy atom. The van der Waals surface area contributed by atoms with E-state index in [0.717, 1.165) is 12.1 Å². The second-order valence-corrected chi connectivity index (χ2v) is 4.87. The number of carboxylic acids is 1. The Labute approximate surface area is 116 Å². The molecule has 0 aromatic carbocycles. The number of nitrogens with zero attached hydrogens (tertiary/aromatic N) is 2. The Kier molecular flexibility index (Phi) is 4.39. The second-order valence-electron chi connectivity index (χ2n) is 4.87. The summed E-state index contributed by atoms with van der Waals surface area (Å²) in [6.07, 6.45) is -0.0802. The van der Waals surface area contributed by atoms with Crippen LogP contribution < -0.4 is 0 Å². The summed E-state index contributed by atoms with van der Waals surface area (Å²) in [5, 5.41) is 12.8. The predicted molar refractivity (Wildman–Crippen MR) is 68.5 cm³/mol. The first-order valence-electron chi connectivity index (χ1n) is 6.63. The molecule has 1 aliphatic heterocycles. The first kappa shape index (κ1) is 14.5. The smallest absolute Gasteiger partial charge is 0.334 e. The summed E-state index contributed by atoms with van der Waals surface area (Å²) in [4.78, 5) is 24.5. The molecule has 1 fully saturated rings. The van der Waals surface area contributed by atoms with Crippen LogP contribution in [-0.4, -0.2) is 52.8 Å². The monoisotopic (exact) mass is 282 g/mol. The number of carbonyl (C=O) groups is 2. The Hall–Kier alpha value is -1.89. The summed E-state index contributed by atoms with van der Waals surface area (Å²) in [7, 11) is 0. The van der Waals surface area contributed by atoms with Gasteiger partial charge < -0.3 is 19.3 Å². The third-order valence-electron chi connectivity index (χ3n) is 3.49. The summed E-state index contributed by atoms with van der Waals surface area (Å²) in [6, 6.07) is 1.63. The summed E-state index contributed by atoms with van der Waals surface area (Å²) < 4.78 is 10.1. The molecule has 110 valence electrons.